The van der Waals surface area contributed by atoms with Crippen LogP contribution >= 0.6 is 23.2 Å². The molecule has 1 aliphatic rings. The Labute approximate surface area is 117 Å². The maximum atomic E-state index is 6.19. The first kappa shape index (κ1) is 13.6. The molecule has 1 aromatic carbocycles. The quantitative estimate of drug-likeness (QED) is 0.768. The van der Waals surface area contributed by atoms with Gasteiger partial charge < -0.3 is 9.47 Å². The van der Waals surface area contributed by atoms with Gasteiger partial charge in [-0.1, -0.05) is 37.1 Å². The number of rotatable bonds is 3. The van der Waals surface area contributed by atoms with Crippen LogP contribution in [0.4, 0.5) is 0 Å². The Morgan fingerprint density at radius 3 is 2.72 bits per heavy atom. The molecule has 2 rings (SSSR count). The molecule has 1 aromatic rings. The molecule has 1 aliphatic heterocycles. The van der Waals surface area contributed by atoms with Crippen molar-refractivity contribution in [2.45, 2.75) is 13.8 Å². The van der Waals surface area contributed by atoms with Crippen molar-refractivity contribution in [1.82, 2.24) is 0 Å². The lowest BCUT2D eigenvalue weighted by Crippen LogP contribution is -2.15. The summed E-state index contributed by atoms with van der Waals surface area (Å²) in [5.41, 5.74) is 2.16. The number of halogens is 2. The molecule has 18 heavy (non-hydrogen) atoms. The van der Waals surface area contributed by atoms with Crippen LogP contribution in [0, 0.1) is 5.92 Å². The van der Waals surface area contributed by atoms with Crippen molar-refractivity contribution in [3.63, 3.8) is 0 Å². The van der Waals surface area contributed by atoms with E-state index in [1.807, 2.05) is 12.1 Å². The van der Waals surface area contributed by atoms with Crippen LogP contribution in [-0.2, 0) is 0 Å². The van der Waals surface area contributed by atoms with Crippen LogP contribution in [0.3, 0.4) is 0 Å². The lowest BCUT2D eigenvalue weighted by molar-refractivity contribution is 0.171. The summed E-state index contributed by atoms with van der Waals surface area (Å²) in [5, 5.41) is 0.580. The Bertz CT molecular complexity index is 467. The van der Waals surface area contributed by atoms with Gasteiger partial charge in [0.15, 0.2) is 11.5 Å². The van der Waals surface area contributed by atoms with E-state index >= 15 is 0 Å². The summed E-state index contributed by atoms with van der Waals surface area (Å²) in [6.07, 6.45) is 2.06. The van der Waals surface area contributed by atoms with E-state index in [1.165, 1.54) is 5.57 Å². The number of allylic oxidation sites excluding steroid dienone is 1. The lowest BCUT2D eigenvalue weighted by atomic mass is 10.0. The van der Waals surface area contributed by atoms with Gasteiger partial charge in [-0.3, -0.25) is 0 Å². The first-order chi connectivity index (χ1) is 8.61. The Balaban J connectivity index is 2.38. The molecule has 0 N–H and O–H groups in total. The molecule has 2 nitrogen and oxygen atoms in total. The van der Waals surface area contributed by atoms with E-state index in [4.69, 9.17) is 32.7 Å². The summed E-state index contributed by atoms with van der Waals surface area (Å²) >= 11 is 12.1. The second-order valence-corrected chi connectivity index (χ2v) is 5.21. The minimum atomic E-state index is 0.412. The van der Waals surface area contributed by atoms with Gasteiger partial charge in [-0.05, 0) is 23.6 Å². The second-order valence-electron chi connectivity index (χ2n) is 4.53. The van der Waals surface area contributed by atoms with E-state index in [1.54, 1.807) is 0 Å². The summed E-state index contributed by atoms with van der Waals surface area (Å²) in [4.78, 5) is 0. The Morgan fingerprint density at radius 1 is 1.33 bits per heavy atom. The van der Waals surface area contributed by atoms with Crippen molar-refractivity contribution < 1.29 is 9.47 Å². The molecule has 0 bridgehead atoms. The summed E-state index contributed by atoms with van der Waals surface area (Å²) in [5.74, 6) is 2.27. The van der Waals surface area contributed by atoms with Crippen LogP contribution in [0.1, 0.15) is 19.4 Å². The van der Waals surface area contributed by atoms with Gasteiger partial charge in [-0.2, -0.15) is 0 Å². The largest absolute Gasteiger partial charge is 0.486 e. The van der Waals surface area contributed by atoms with Crippen LogP contribution in [0.2, 0.25) is 5.02 Å². The van der Waals surface area contributed by atoms with Gasteiger partial charge in [0.2, 0.25) is 0 Å². The monoisotopic (exact) mass is 286 g/mol. The van der Waals surface area contributed by atoms with E-state index in [0.29, 0.717) is 41.5 Å². The molecule has 0 saturated carbocycles. The second kappa shape index (κ2) is 5.85. The standard InChI is InChI=1S/C14H16Cl2O2/c1-9(2)11(8-15)5-10-6-12(16)14-13(7-10)17-3-4-18-14/h5-7,9H,3-4,8H2,1-2H3. The molecule has 0 fully saturated rings. The van der Waals surface area contributed by atoms with E-state index in [0.717, 1.165) is 5.56 Å². The molecule has 1 heterocycles. The SMILES string of the molecule is CC(C)C(=Cc1cc(Cl)c2c(c1)OCCO2)CCl. The molecule has 0 spiro atoms. The van der Waals surface area contributed by atoms with Gasteiger partial charge in [0, 0.05) is 5.88 Å². The molecular weight excluding hydrogens is 271 g/mol. The predicted molar refractivity (Wildman–Crippen MR) is 76.0 cm³/mol. The number of benzene rings is 1. The fourth-order valence-corrected chi connectivity index (χ4v) is 2.45. The smallest absolute Gasteiger partial charge is 0.179 e. The highest BCUT2D eigenvalue weighted by molar-refractivity contribution is 6.32. The van der Waals surface area contributed by atoms with E-state index in [2.05, 4.69) is 19.9 Å². The van der Waals surface area contributed by atoms with E-state index < -0.39 is 0 Å². The van der Waals surface area contributed by atoms with Crippen molar-refractivity contribution in [2.24, 2.45) is 5.92 Å². The number of hydrogen-bond acceptors (Lipinski definition) is 2. The summed E-state index contributed by atoms with van der Waals surface area (Å²) in [6, 6.07) is 3.82. The molecule has 0 unspecified atom stereocenters. The number of fused-ring (bicyclic) bond motifs is 1. The van der Waals surface area contributed by atoms with E-state index in [-0.39, 0.29) is 0 Å². The molecule has 0 aliphatic carbocycles. The maximum absolute atomic E-state index is 6.19. The zero-order valence-electron chi connectivity index (χ0n) is 10.5. The summed E-state index contributed by atoms with van der Waals surface area (Å²) in [7, 11) is 0. The molecule has 0 radical (unpaired) electrons. The number of ether oxygens (including phenoxy) is 2. The van der Waals surface area contributed by atoms with Crippen LogP contribution in [0.15, 0.2) is 17.7 Å². The molecule has 0 atom stereocenters. The number of hydrogen-bond donors (Lipinski definition) is 0. The first-order valence-electron chi connectivity index (χ1n) is 5.97. The zero-order chi connectivity index (χ0) is 13.1. The van der Waals surface area contributed by atoms with Gasteiger partial charge in [0.1, 0.15) is 13.2 Å². The predicted octanol–water partition coefficient (Wildman–Crippen LogP) is 4.39. The van der Waals surface area contributed by atoms with Crippen LogP contribution in [-0.4, -0.2) is 19.1 Å². The molecule has 4 heteroatoms. The minimum absolute atomic E-state index is 0.412. The fraction of sp³-hybridized carbons (Fsp3) is 0.429. The zero-order valence-corrected chi connectivity index (χ0v) is 12.0. The average molecular weight is 287 g/mol. The Hall–Kier alpha value is -0.860. The van der Waals surface area contributed by atoms with Crippen molar-refractivity contribution >= 4 is 29.3 Å². The molecule has 98 valence electrons. The highest BCUT2D eigenvalue weighted by Gasteiger charge is 2.16. The maximum Gasteiger partial charge on any atom is 0.179 e. The topological polar surface area (TPSA) is 18.5 Å². The molecule has 0 saturated heterocycles. The highest BCUT2D eigenvalue weighted by atomic mass is 35.5. The molecule has 0 amide bonds. The van der Waals surface area contributed by atoms with Gasteiger partial charge in [-0.15, -0.1) is 11.6 Å². The van der Waals surface area contributed by atoms with Crippen molar-refractivity contribution in [2.75, 3.05) is 19.1 Å². The first-order valence-corrected chi connectivity index (χ1v) is 6.88. The fourth-order valence-electron chi connectivity index (χ4n) is 1.79. The average Bonchev–Trinajstić information content (AvgIpc) is 2.35. The van der Waals surface area contributed by atoms with Gasteiger partial charge in [0.05, 0.1) is 5.02 Å². The third-order valence-electron chi connectivity index (χ3n) is 2.87. The third kappa shape index (κ3) is 2.93. The van der Waals surface area contributed by atoms with E-state index in [9.17, 15) is 0 Å². The normalized spacial score (nSPS) is 15.1. The third-order valence-corrected chi connectivity index (χ3v) is 3.46. The minimum Gasteiger partial charge on any atom is -0.486 e. The summed E-state index contributed by atoms with van der Waals surface area (Å²) < 4.78 is 11.0. The van der Waals surface area contributed by atoms with Crippen molar-refractivity contribution in [3.05, 3.63) is 28.3 Å². The van der Waals surface area contributed by atoms with Crippen molar-refractivity contribution in [1.29, 1.82) is 0 Å². The van der Waals surface area contributed by atoms with Gasteiger partial charge in [0.25, 0.3) is 0 Å². The number of alkyl halides is 1. The Morgan fingerprint density at radius 2 is 2.06 bits per heavy atom. The van der Waals surface area contributed by atoms with Crippen LogP contribution < -0.4 is 9.47 Å². The van der Waals surface area contributed by atoms with Crippen LogP contribution in [0.5, 0.6) is 11.5 Å². The Kier molecular flexibility index (Phi) is 4.41. The van der Waals surface area contributed by atoms with Gasteiger partial charge in [-0.25, -0.2) is 0 Å². The highest BCUT2D eigenvalue weighted by Crippen LogP contribution is 2.39. The molecule has 0 aromatic heterocycles. The lowest BCUT2D eigenvalue weighted by Gasteiger charge is -2.20. The van der Waals surface area contributed by atoms with Crippen LogP contribution in [0.25, 0.3) is 6.08 Å². The van der Waals surface area contributed by atoms with Crippen molar-refractivity contribution in [3.8, 4) is 11.5 Å². The molecular formula is C14H16Cl2O2. The summed E-state index contributed by atoms with van der Waals surface area (Å²) in [6.45, 7) is 5.34. The van der Waals surface area contributed by atoms with Gasteiger partial charge >= 0.3 is 0 Å².